The predicted molar refractivity (Wildman–Crippen MR) is 338 cm³/mol. The van der Waals surface area contributed by atoms with Crippen LogP contribution in [0.2, 0.25) is 0 Å². The molecule has 0 fully saturated rings. The average Bonchev–Trinajstić information content (AvgIpc) is 3.76. The third kappa shape index (κ3) is 14.2. The van der Waals surface area contributed by atoms with Gasteiger partial charge in [0.1, 0.15) is 0 Å². The molecule has 0 saturated carbocycles. The van der Waals surface area contributed by atoms with Gasteiger partial charge in [-0.05, 0) is 189 Å². The monoisotopic (exact) mass is 1020 g/mol. The molecule has 0 aliphatic heterocycles. The van der Waals surface area contributed by atoms with Gasteiger partial charge < -0.3 is 9.80 Å². The molecule has 0 saturated heterocycles. The highest BCUT2D eigenvalue weighted by Crippen LogP contribution is 2.57. The van der Waals surface area contributed by atoms with Gasteiger partial charge in [-0.15, -0.1) is 0 Å². The molecule has 0 amide bonds. The highest BCUT2D eigenvalue weighted by Gasteiger charge is 2.43. The normalized spacial score (nSPS) is 12.3. The van der Waals surface area contributed by atoms with Gasteiger partial charge in [-0.2, -0.15) is 0 Å². The van der Waals surface area contributed by atoms with Crippen LogP contribution in [0.15, 0.2) is 170 Å². The van der Waals surface area contributed by atoms with Gasteiger partial charge in [-0.1, -0.05) is 231 Å². The first-order chi connectivity index (χ1) is 37.7. The zero-order valence-electron chi connectivity index (χ0n) is 48.7. The Morgan fingerprint density at radius 1 is 0.325 bits per heavy atom. The Balaban J connectivity index is 0.000000207. The zero-order valence-corrected chi connectivity index (χ0v) is 48.7. The van der Waals surface area contributed by atoms with Crippen LogP contribution in [0.4, 0.5) is 34.1 Å². The minimum atomic E-state index is 0.182. The number of fused-ring (bicyclic) bond motifs is 5. The lowest BCUT2D eigenvalue weighted by Crippen LogP contribution is -2.26. The Morgan fingerprint density at radius 2 is 0.688 bits per heavy atom. The van der Waals surface area contributed by atoms with Crippen LogP contribution < -0.4 is 9.80 Å². The summed E-state index contributed by atoms with van der Waals surface area (Å²) in [5.74, 6) is 0. The minimum absolute atomic E-state index is 0.182. The fraction of sp³-hybridized carbons (Fsp3) is 0.387. The van der Waals surface area contributed by atoms with Gasteiger partial charge >= 0.3 is 0 Å². The van der Waals surface area contributed by atoms with Crippen LogP contribution in [0.1, 0.15) is 188 Å². The predicted octanol–water partition coefficient (Wildman–Crippen LogP) is 23.2. The smallest absolute Gasteiger partial charge is 0.0463 e. The van der Waals surface area contributed by atoms with E-state index >= 15 is 0 Å². The van der Waals surface area contributed by atoms with Crippen LogP contribution in [-0.2, 0) is 18.3 Å². The van der Waals surface area contributed by atoms with Gasteiger partial charge in [0.2, 0.25) is 0 Å². The van der Waals surface area contributed by atoms with Crippen LogP contribution in [0, 0.1) is 27.7 Å². The largest absolute Gasteiger partial charge is 0.311 e. The summed E-state index contributed by atoms with van der Waals surface area (Å²) >= 11 is 0. The Bertz CT molecular complexity index is 2900. The first-order valence-electron chi connectivity index (χ1n) is 30.3. The summed E-state index contributed by atoms with van der Waals surface area (Å²) in [6, 6.07) is 63.8. The molecule has 1 aliphatic carbocycles. The third-order valence-electron chi connectivity index (χ3n) is 16.6. The summed E-state index contributed by atoms with van der Waals surface area (Å²) in [6.45, 7) is 18.0. The molecule has 0 N–H and O–H groups in total. The topological polar surface area (TPSA) is 6.48 Å². The van der Waals surface area contributed by atoms with E-state index < -0.39 is 0 Å². The standard InChI is InChI=1S/C40H44N2.C35H48/c1-5-7-9-33-15-23-37(24-16-33)41(35-19-11-31(3)12-20-35)39-27-29-40(30-28-39)42(36-21-13-32(4)14-22-36)38-25-17-34(18-26-38)10-8-6-2;1-5-7-9-11-13-17-23-35(24-18-14-12-10-8-6-2)32-25-27(3)21-22-31(32)34-30-20-16-15-19-29(30)28(4)26-33(34)35/h11-30H,5-10H2,1-4H3;15-16,19-22,25-26H,5-14,17-18,23-24H2,1-4H3. The number of anilines is 6. The highest BCUT2D eigenvalue weighted by molar-refractivity contribution is 6.04. The molecule has 0 radical (unpaired) electrons. The number of nitrogens with zero attached hydrogens (tertiary/aromatic N) is 2. The van der Waals surface area contributed by atoms with Gasteiger partial charge in [0, 0.05) is 39.5 Å². The van der Waals surface area contributed by atoms with Crippen molar-refractivity contribution in [3.05, 3.63) is 214 Å². The van der Waals surface area contributed by atoms with E-state index in [0.29, 0.717) is 0 Å². The zero-order chi connectivity index (χ0) is 54.0. The molecule has 0 unspecified atom stereocenters. The van der Waals surface area contributed by atoms with E-state index in [0.717, 1.165) is 35.6 Å². The quantitative estimate of drug-likeness (QED) is 0.0499. The lowest BCUT2D eigenvalue weighted by Gasteiger charge is -2.33. The van der Waals surface area contributed by atoms with E-state index in [-0.39, 0.29) is 5.41 Å². The van der Waals surface area contributed by atoms with Crippen molar-refractivity contribution in [3.8, 4) is 11.1 Å². The van der Waals surface area contributed by atoms with Crippen molar-refractivity contribution >= 4 is 44.9 Å². The van der Waals surface area contributed by atoms with Gasteiger partial charge in [0.05, 0.1) is 0 Å². The molecule has 77 heavy (non-hydrogen) atoms. The van der Waals surface area contributed by atoms with Crippen molar-refractivity contribution in [3.63, 3.8) is 0 Å². The summed E-state index contributed by atoms with van der Waals surface area (Å²) in [5, 5.41) is 2.88. The summed E-state index contributed by atoms with van der Waals surface area (Å²) in [4.78, 5) is 4.71. The van der Waals surface area contributed by atoms with Crippen molar-refractivity contribution in [1.82, 2.24) is 0 Å². The van der Waals surface area contributed by atoms with Gasteiger partial charge in [-0.25, -0.2) is 0 Å². The average molecular weight is 1020 g/mol. The molecule has 0 atom stereocenters. The summed E-state index contributed by atoms with van der Waals surface area (Å²) < 4.78 is 0. The molecule has 2 nitrogen and oxygen atoms in total. The number of rotatable bonds is 26. The van der Waals surface area contributed by atoms with Crippen LogP contribution in [-0.4, -0.2) is 0 Å². The lowest BCUT2D eigenvalue weighted by molar-refractivity contribution is 0.397. The van der Waals surface area contributed by atoms with E-state index in [1.807, 2.05) is 0 Å². The lowest BCUT2D eigenvalue weighted by atomic mass is 9.70. The third-order valence-corrected chi connectivity index (χ3v) is 16.6. The highest BCUT2D eigenvalue weighted by atomic mass is 15.2. The second kappa shape index (κ2) is 28.3. The minimum Gasteiger partial charge on any atom is -0.311 e. The second-order valence-corrected chi connectivity index (χ2v) is 22.7. The van der Waals surface area contributed by atoms with Gasteiger partial charge in [0.15, 0.2) is 0 Å². The fourth-order valence-electron chi connectivity index (χ4n) is 12.1. The maximum Gasteiger partial charge on any atom is 0.0463 e. The molecular weight excluding hydrogens is 929 g/mol. The maximum atomic E-state index is 2.58. The maximum absolute atomic E-state index is 2.58. The van der Waals surface area contributed by atoms with Crippen molar-refractivity contribution in [2.45, 2.75) is 189 Å². The van der Waals surface area contributed by atoms with E-state index in [1.54, 1.807) is 11.1 Å². The Labute approximate surface area is 467 Å². The van der Waals surface area contributed by atoms with Crippen LogP contribution in [0.5, 0.6) is 0 Å². The van der Waals surface area contributed by atoms with Crippen LogP contribution in [0.25, 0.3) is 21.9 Å². The number of hydrogen-bond acceptors (Lipinski definition) is 2. The molecule has 8 aromatic rings. The molecule has 0 aromatic heterocycles. The van der Waals surface area contributed by atoms with E-state index in [1.165, 1.54) is 182 Å². The van der Waals surface area contributed by atoms with Crippen molar-refractivity contribution in [1.29, 1.82) is 0 Å². The summed E-state index contributed by atoms with van der Waals surface area (Å²) in [7, 11) is 0. The molecular formula is C75H92N2. The van der Waals surface area contributed by atoms with Crippen molar-refractivity contribution in [2.75, 3.05) is 9.80 Å². The fourth-order valence-corrected chi connectivity index (χ4v) is 12.1. The van der Waals surface area contributed by atoms with E-state index in [2.05, 4.69) is 235 Å². The molecule has 0 spiro atoms. The van der Waals surface area contributed by atoms with E-state index in [9.17, 15) is 0 Å². The summed E-state index contributed by atoms with van der Waals surface area (Å²) in [5.41, 5.74) is 21.6. The van der Waals surface area contributed by atoms with Crippen LogP contribution >= 0.6 is 0 Å². The Morgan fingerprint density at radius 3 is 1.12 bits per heavy atom. The van der Waals surface area contributed by atoms with Crippen molar-refractivity contribution < 1.29 is 0 Å². The molecule has 0 bridgehead atoms. The number of hydrogen-bond donors (Lipinski definition) is 0. The van der Waals surface area contributed by atoms with Crippen LogP contribution in [0.3, 0.4) is 0 Å². The van der Waals surface area contributed by atoms with Gasteiger partial charge in [0.25, 0.3) is 0 Å². The molecule has 402 valence electrons. The summed E-state index contributed by atoms with van der Waals surface area (Å²) in [6.07, 6.45) is 26.2. The van der Waals surface area contributed by atoms with E-state index in [4.69, 9.17) is 0 Å². The SMILES string of the molecule is CCCCCCCCC1(CCCCCCCC)c2cc(C)ccc2-c2c1cc(C)c1ccccc21.CCCCc1ccc(N(c2ccc(C)cc2)c2ccc(N(c3ccc(C)cc3)c3ccc(CCCC)cc3)cc2)cc1. The number of benzene rings is 8. The first-order valence-corrected chi connectivity index (χ1v) is 30.3. The first kappa shape index (κ1) is 56.8. The number of aryl methyl sites for hydroxylation is 6. The Kier molecular flexibility index (Phi) is 20.9. The molecule has 0 heterocycles. The number of unbranched alkanes of at least 4 members (excludes halogenated alkanes) is 12. The molecule has 1 aliphatic rings. The second-order valence-electron chi connectivity index (χ2n) is 22.7. The Hall–Kier alpha value is -6.38. The molecule has 8 aromatic carbocycles. The van der Waals surface area contributed by atoms with Gasteiger partial charge in [-0.3, -0.25) is 0 Å². The molecule has 9 rings (SSSR count). The molecule has 2 heteroatoms. The van der Waals surface area contributed by atoms with Crippen molar-refractivity contribution in [2.24, 2.45) is 0 Å².